The first-order valence-corrected chi connectivity index (χ1v) is 13.1. The number of nitrogens with one attached hydrogen (secondary N) is 1. The van der Waals surface area contributed by atoms with E-state index in [1.54, 1.807) is 37.3 Å². The van der Waals surface area contributed by atoms with E-state index < -0.39 is 34.3 Å². The minimum absolute atomic E-state index is 0.144. The van der Waals surface area contributed by atoms with Crippen LogP contribution in [-0.4, -0.2) is 51.3 Å². The molecule has 3 rings (SSSR count). The molecule has 3 aromatic rings. The zero-order chi connectivity index (χ0) is 26.1. The van der Waals surface area contributed by atoms with Gasteiger partial charge in [-0.25, -0.2) is 12.8 Å². The summed E-state index contributed by atoms with van der Waals surface area (Å²) in [7, 11) is -2.71. The summed E-state index contributed by atoms with van der Waals surface area (Å²) in [4.78, 5) is 27.6. The summed E-state index contributed by atoms with van der Waals surface area (Å²) in [5, 5.41) is 2.60. The molecule has 7 nitrogen and oxygen atoms in total. The van der Waals surface area contributed by atoms with E-state index in [9.17, 15) is 22.4 Å². The summed E-state index contributed by atoms with van der Waals surface area (Å²) < 4.78 is 41.6. The largest absolute Gasteiger partial charge is 0.357 e. The average molecular weight is 512 g/mol. The van der Waals surface area contributed by atoms with Gasteiger partial charge in [-0.1, -0.05) is 55.5 Å². The second-order valence-corrected chi connectivity index (χ2v) is 10.0. The molecule has 9 heteroatoms. The van der Waals surface area contributed by atoms with E-state index in [0.717, 1.165) is 34.1 Å². The van der Waals surface area contributed by atoms with Crippen LogP contribution in [-0.2, 0) is 26.0 Å². The van der Waals surface area contributed by atoms with Gasteiger partial charge < -0.3 is 10.2 Å². The number of para-hydroxylation sites is 1. The van der Waals surface area contributed by atoms with Crippen LogP contribution in [0.4, 0.5) is 10.1 Å². The van der Waals surface area contributed by atoms with Crippen molar-refractivity contribution in [1.82, 2.24) is 10.2 Å². The van der Waals surface area contributed by atoms with Crippen LogP contribution < -0.4 is 9.62 Å². The molecule has 0 saturated carbocycles. The van der Waals surface area contributed by atoms with Crippen molar-refractivity contribution in [2.75, 3.05) is 24.4 Å². The van der Waals surface area contributed by atoms with Gasteiger partial charge in [0.05, 0.1) is 10.6 Å². The van der Waals surface area contributed by atoms with Crippen LogP contribution in [0.5, 0.6) is 0 Å². The van der Waals surface area contributed by atoms with Gasteiger partial charge in [0.2, 0.25) is 11.8 Å². The number of carbonyl (C=O) groups is 2. The number of sulfonamides is 1. The minimum atomic E-state index is -4.21. The van der Waals surface area contributed by atoms with Gasteiger partial charge >= 0.3 is 0 Å². The first-order valence-electron chi connectivity index (χ1n) is 11.7. The number of hydrogen-bond acceptors (Lipinski definition) is 4. The first-order chi connectivity index (χ1) is 17.3. The van der Waals surface area contributed by atoms with Gasteiger partial charge in [0.25, 0.3) is 10.0 Å². The van der Waals surface area contributed by atoms with Gasteiger partial charge in [0.1, 0.15) is 18.4 Å². The smallest absolute Gasteiger partial charge is 0.264 e. The molecule has 0 bridgehead atoms. The number of hydrogen-bond donors (Lipinski definition) is 1. The molecular weight excluding hydrogens is 481 g/mol. The maximum atomic E-state index is 13.7. The van der Waals surface area contributed by atoms with Gasteiger partial charge in [-0.3, -0.25) is 13.9 Å². The highest BCUT2D eigenvalue weighted by Gasteiger charge is 2.33. The van der Waals surface area contributed by atoms with E-state index in [4.69, 9.17) is 0 Å². The van der Waals surface area contributed by atoms with Crippen LogP contribution in [0.15, 0.2) is 89.8 Å². The Balaban J connectivity index is 1.97. The summed E-state index contributed by atoms with van der Waals surface area (Å²) >= 11 is 0. The number of benzene rings is 3. The topological polar surface area (TPSA) is 86.8 Å². The molecular formula is C27H30FN3O4S. The number of rotatable bonds is 11. The van der Waals surface area contributed by atoms with E-state index in [-0.39, 0.29) is 23.0 Å². The normalized spacial score (nSPS) is 12.0. The molecule has 3 aromatic carbocycles. The Morgan fingerprint density at radius 1 is 0.917 bits per heavy atom. The summed E-state index contributed by atoms with van der Waals surface area (Å²) in [5.74, 6) is -1.41. The quantitative estimate of drug-likeness (QED) is 0.426. The Hall–Kier alpha value is -3.72. The molecule has 0 aliphatic rings. The number of likely N-dealkylation sites (N-methyl/N-ethyl adjacent to an activating group) is 1. The fourth-order valence-corrected chi connectivity index (χ4v) is 5.33. The number of anilines is 1. The Bertz CT molecular complexity index is 1250. The van der Waals surface area contributed by atoms with Crippen LogP contribution in [0.2, 0.25) is 0 Å². The Labute approximate surface area is 211 Å². The monoisotopic (exact) mass is 511 g/mol. The summed E-state index contributed by atoms with van der Waals surface area (Å²) in [6.45, 7) is 1.51. The third kappa shape index (κ3) is 6.48. The molecule has 0 radical (unpaired) electrons. The van der Waals surface area contributed by atoms with Crippen molar-refractivity contribution in [3.63, 3.8) is 0 Å². The molecule has 0 aromatic heterocycles. The minimum Gasteiger partial charge on any atom is -0.357 e. The molecule has 190 valence electrons. The lowest BCUT2D eigenvalue weighted by Gasteiger charge is -2.33. The average Bonchev–Trinajstić information content (AvgIpc) is 2.90. The van der Waals surface area contributed by atoms with Crippen molar-refractivity contribution in [3.8, 4) is 0 Å². The Morgan fingerprint density at radius 2 is 1.50 bits per heavy atom. The maximum absolute atomic E-state index is 13.7. The van der Waals surface area contributed by atoms with E-state index in [1.807, 2.05) is 30.3 Å². The van der Waals surface area contributed by atoms with Crippen molar-refractivity contribution in [3.05, 3.63) is 96.3 Å². The maximum Gasteiger partial charge on any atom is 0.264 e. The molecule has 0 aliphatic carbocycles. The number of amides is 2. The Kier molecular flexibility index (Phi) is 9.19. The molecule has 0 aliphatic heterocycles. The third-order valence-electron chi connectivity index (χ3n) is 5.84. The second-order valence-electron chi connectivity index (χ2n) is 8.16. The van der Waals surface area contributed by atoms with Crippen molar-refractivity contribution in [2.45, 2.75) is 30.7 Å². The van der Waals surface area contributed by atoms with Crippen LogP contribution in [0.3, 0.4) is 0 Å². The number of nitrogens with zero attached hydrogens (tertiary/aromatic N) is 2. The first kappa shape index (κ1) is 26.9. The lowest BCUT2D eigenvalue weighted by Crippen LogP contribution is -2.52. The SMILES string of the molecule is CCC(C(=O)NC)N(CCc1ccccc1)C(=O)CN(c1ccccc1)S(=O)(=O)c1ccc(F)cc1. The lowest BCUT2D eigenvalue weighted by molar-refractivity contribution is -0.139. The van der Waals surface area contributed by atoms with E-state index in [1.165, 1.54) is 11.9 Å². The highest BCUT2D eigenvalue weighted by molar-refractivity contribution is 7.92. The molecule has 2 amide bonds. The summed E-state index contributed by atoms with van der Waals surface area (Å²) in [5.41, 5.74) is 1.27. The van der Waals surface area contributed by atoms with Crippen LogP contribution in [0.25, 0.3) is 0 Å². The standard InChI is InChI=1S/C27H30FN3O4S/c1-3-25(27(33)29-2)30(19-18-21-10-6-4-7-11-21)26(32)20-31(23-12-8-5-9-13-23)36(34,35)24-16-14-22(28)15-17-24/h4-17,25H,3,18-20H2,1-2H3,(H,29,33). The molecule has 1 atom stereocenters. The predicted octanol–water partition coefficient (Wildman–Crippen LogP) is 3.62. The van der Waals surface area contributed by atoms with Crippen LogP contribution >= 0.6 is 0 Å². The van der Waals surface area contributed by atoms with Gasteiger partial charge in [0, 0.05) is 13.6 Å². The highest BCUT2D eigenvalue weighted by atomic mass is 32.2. The molecule has 1 N–H and O–H groups in total. The van der Waals surface area contributed by atoms with Crippen molar-refractivity contribution in [1.29, 1.82) is 0 Å². The van der Waals surface area contributed by atoms with Crippen LogP contribution in [0, 0.1) is 5.82 Å². The zero-order valence-corrected chi connectivity index (χ0v) is 21.1. The summed E-state index contributed by atoms with van der Waals surface area (Å²) in [6.07, 6.45) is 0.854. The van der Waals surface area contributed by atoms with E-state index in [2.05, 4.69) is 5.32 Å². The van der Waals surface area contributed by atoms with Crippen molar-refractivity contribution in [2.24, 2.45) is 0 Å². The fraction of sp³-hybridized carbons (Fsp3) is 0.259. The van der Waals surface area contributed by atoms with Gasteiger partial charge in [-0.05, 0) is 54.8 Å². The molecule has 0 fully saturated rings. The molecule has 1 unspecified atom stereocenters. The van der Waals surface area contributed by atoms with Crippen molar-refractivity contribution < 1.29 is 22.4 Å². The van der Waals surface area contributed by atoms with Crippen molar-refractivity contribution >= 4 is 27.5 Å². The van der Waals surface area contributed by atoms with E-state index >= 15 is 0 Å². The molecule has 0 saturated heterocycles. The second kappa shape index (κ2) is 12.3. The summed E-state index contributed by atoms with van der Waals surface area (Å²) in [6, 6.07) is 21.4. The number of halogens is 1. The lowest BCUT2D eigenvalue weighted by atomic mass is 10.1. The molecule has 0 heterocycles. The molecule has 36 heavy (non-hydrogen) atoms. The highest BCUT2D eigenvalue weighted by Crippen LogP contribution is 2.24. The zero-order valence-electron chi connectivity index (χ0n) is 20.3. The molecule has 0 spiro atoms. The van der Waals surface area contributed by atoms with Gasteiger partial charge in [-0.15, -0.1) is 0 Å². The van der Waals surface area contributed by atoms with E-state index in [0.29, 0.717) is 12.8 Å². The van der Waals surface area contributed by atoms with Gasteiger partial charge in [-0.2, -0.15) is 0 Å². The predicted molar refractivity (Wildman–Crippen MR) is 137 cm³/mol. The van der Waals surface area contributed by atoms with Crippen LogP contribution in [0.1, 0.15) is 18.9 Å². The fourth-order valence-electron chi connectivity index (χ4n) is 3.92. The third-order valence-corrected chi connectivity index (χ3v) is 7.63. The van der Waals surface area contributed by atoms with Gasteiger partial charge in [0.15, 0.2) is 0 Å². The number of carbonyl (C=O) groups excluding carboxylic acids is 2. The Morgan fingerprint density at radius 3 is 2.06 bits per heavy atom.